The highest BCUT2D eigenvalue weighted by molar-refractivity contribution is 7.99. The molecule has 0 aliphatic carbocycles. The molecule has 0 spiro atoms. The summed E-state index contributed by atoms with van der Waals surface area (Å²) < 4.78 is 20.6. The number of amides is 1. The second-order valence-electron chi connectivity index (χ2n) is 6.19. The number of rotatable bonds is 7. The zero-order chi connectivity index (χ0) is 20.1. The summed E-state index contributed by atoms with van der Waals surface area (Å²) in [4.78, 5) is 14.0. The molecule has 0 saturated carbocycles. The Balaban J connectivity index is 1.61. The van der Waals surface area contributed by atoms with Crippen molar-refractivity contribution in [2.24, 2.45) is 7.05 Å². The van der Waals surface area contributed by atoms with Crippen LogP contribution in [0.3, 0.4) is 0 Å². The van der Waals surface area contributed by atoms with Crippen LogP contribution in [0.5, 0.6) is 5.75 Å². The maximum Gasteiger partial charge on any atom is 0.237 e. The van der Waals surface area contributed by atoms with Crippen LogP contribution in [-0.4, -0.2) is 33.5 Å². The minimum Gasteiger partial charge on any atom is -0.483 e. The van der Waals surface area contributed by atoms with Gasteiger partial charge in [0.15, 0.2) is 17.1 Å². The van der Waals surface area contributed by atoms with E-state index in [0.29, 0.717) is 16.7 Å². The molecule has 0 N–H and O–H groups in total. The Hall–Kier alpha value is -2.87. The van der Waals surface area contributed by atoms with Gasteiger partial charge in [0.1, 0.15) is 11.6 Å². The summed E-state index contributed by atoms with van der Waals surface area (Å²) in [6.45, 7) is 1.84. The first-order valence-electron chi connectivity index (χ1n) is 8.71. The van der Waals surface area contributed by atoms with Crippen molar-refractivity contribution in [3.05, 3.63) is 66.2 Å². The molecule has 1 amide bonds. The van der Waals surface area contributed by atoms with Crippen LogP contribution in [0.25, 0.3) is 0 Å². The molecular weight excluding hydrogens is 379 g/mol. The van der Waals surface area contributed by atoms with E-state index in [2.05, 4.69) is 10.2 Å². The van der Waals surface area contributed by atoms with E-state index in [4.69, 9.17) is 4.74 Å². The third kappa shape index (κ3) is 4.69. The van der Waals surface area contributed by atoms with Gasteiger partial charge in [-0.1, -0.05) is 30.0 Å². The molecule has 1 heterocycles. The van der Waals surface area contributed by atoms with Crippen LogP contribution in [0.1, 0.15) is 18.9 Å². The fourth-order valence-corrected chi connectivity index (χ4v) is 3.43. The molecule has 0 radical (unpaired) electrons. The van der Waals surface area contributed by atoms with Crippen LogP contribution in [0.2, 0.25) is 0 Å². The number of hydrogen-bond acceptors (Lipinski definition) is 5. The van der Waals surface area contributed by atoms with Crippen LogP contribution in [0.15, 0.2) is 59.8 Å². The van der Waals surface area contributed by atoms with Crippen molar-refractivity contribution in [2.45, 2.75) is 18.2 Å². The number of benzene rings is 2. The van der Waals surface area contributed by atoms with Gasteiger partial charge in [0.2, 0.25) is 5.91 Å². The Morgan fingerprint density at radius 1 is 1.18 bits per heavy atom. The van der Waals surface area contributed by atoms with E-state index in [-0.39, 0.29) is 23.6 Å². The van der Waals surface area contributed by atoms with Crippen LogP contribution in [-0.2, 0) is 11.8 Å². The molecule has 0 saturated heterocycles. The Morgan fingerprint density at radius 3 is 2.54 bits per heavy atom. The lowest BCUT2D eigenvalue weighted by molar-refractivity contribution is -0.115. The quantitative estimate of drug-likeness (QED) is 0.564. The van der Waals surface area contributed by atoms with Crippen molar-refractivity contribution in [2.75, 3.05) is 17.7 Å². The van der Waals surface area contributed by atoms with Crippen molar-refractivity contribution in [1.29, 1.82) is 0 Å². The molecule has 28 heavy (non-hydrogen) atoms. The number of carbonyl (C=O) groups excluding carboxylic acids is 1. The van der Waals surface area contributed by atoms with Crippen LogP contribution in [0, 0.1) is 5.82 Å². The Morgan fingerprint density at radius 2 is 1.86 bits per heavy atom. The van der Waals surface area contributed by atoms with Crippen molar-refractivity contribution in [1.82, 2.24) is 14.8 Å². The summed E-state index contributed by atoms with van der Waals surface area (Å²) in [5.74, 6) is 1.06. The lowest BCUT2D eigenvalue weighted by Gasteiger charge is -2.17. The number of hydrogen-bond donors (Lipinski definition) is 0. The summed E-state index contributed by atoms with van der Waals surface area (Å²) in [5.41, 5.74) is 0.841. The predicted molar refractivity (Wildman–Crippen MR) is 107 cm³/mol. The molecule has 1 aromatic heterocycles. The molecule has 1 unspecified atom stereocenters. The van der Waals surface area contributed by atoms with Gasteiger partial charge in [0, 0.05) is 19.8 Å². The number of ether oxygens (including phenoxy) is 1. The lowest BCUT2D eigenvalue weighted by atomic mass is 10.3. The first-order valence-corrected chi connectivity index (χ1v) is 9.70. The highest BCUT2D eigenvalue weighted by atomic mass is 32.2. The summed E-state index contributed by atoms with van der Waals surface area (Å²) in [5, 5.41) is 8.96. The van der Waals surface area contributed by atoms with Crippen LogP contribution in [0.4, 0.5) is 10.1 Å². The Labute approximate surface area is 167 Å². The molecule has 0 fully saturated rings. The van der Waals surface area contributed by atoms with Gasteiger partial charge in [0.05, 0.1) is 5.75 Å². The fourth-order valence-electron chi connectivity index (χ4n) is 2.59. The largest absolute Gasteiger partial charge is 0.483 e. The number of anilines is 1. The molecule has 3 rings (SSSR count). The van der Waals surface area contributed by atoms with Crippen LogP contribution < -0.4 is 9.64 Å². The Kier molecular flexibility index (Phi) is 6.30. The first-order chi connectivity index (χ1) is 13.5. The average Bonchev–Trinajstić information content (AvgIpc) is 3.08. The fraction of sp³-hybridized carbons (Fsp3) is 0.250. The molecule has 3 aromatic rings. The van der Waals surface area contributed by atoms with E-state index in [1.165, 1.54) is 23.9 Å². The van der Waals surface area contributed by atoms with Crippen LogP contribution >= 0.6 is 11.8 Å². The first kappa shape index (κ1) is 19.9. The van der Waals surface area contributed by atoms with Crippen molar-refractivity contribution < 1.29 is 13.9 Å². The van der Waals surface area contributed by atoms with E-state index in [1.54, 1.807) is 28.6 Å². The van der Waals surface area contributed by atoms with Gasteiger partial charge in [-0.25, -0.2) is 4.39 Å². The minimum atomic E-state index is -0.375. The number of nitrogens with zero attached hydrogens (tertiary/aromatic N) is 4. The Bertz CT molecular complexity index is 931. The van der Waals surface area contributed by atoms with E-state index in [1.807, 2.05) is 44.3 Å². The molecule has 8 heteroatoms. The molecule has 0 bridgehead atoms. The molecule has 2 aromatic carbocycles. The maximum atomic E-state index is 13.0. The number of carbonyl (C=O) groups is 1. The highest BCUT2D eigenvalue weighted by Crippen LogP contribution is 2.24. The predicted octanol–water partition coefficient (Wildman–Crippen LogP) is 3.85. The maximum absolute atomic E-state index is 13.0. The minimum absolute atomic E-state index is 0.0311. The standard InChI is InChI=1S/C20H21FN4O2S/c1-14(27-17-11-9-15(21)10-12-17)19-22-23-20(25(19)3)28-13-18(26)24(2)16-7-5-4-6-8-16/h4-12,14H,13H2,1-3H3. The van der Waals surface area contributed by atoms with Gasteiger partial charge < -0.3 is 14.2 Å². The molecule has 1 atom stereocenters. The number of halogens is 1. The second-order valence-corrected chi connectivity index (χ2v) is 7.13. The smallest absolute Gasteiger partial charge is 0.237 e. The van der Waals surface area contributed by atoms with Gasteiger partial charge in [-0.05, 0) is 43.3 Å². The van der Waals surface area contributed by atoms with E-state index < -0.39 is 0 Å². The lowest BCUT2D eigenvalue weighted by Crippen LogP contribution is -2.27. The number of para-hydroxylation sites is 1. The third-order valence-electron chi connectivity index (χ3n) is 4.20. The number of aromatic nitrogens is 3. The zero-order valence-electron chi connectivity index (χ0n) is 15.9. The summed E-state index contributed by atoms with van der Waals surface area (Å²) in [7, 11) is 3.58. The van der Waals surface area contributed by atoms with Crippen molar-refractivity contribution in [3.8, 4) is 5.75 Å². The van der Waals surface area contributed by atoms with Gasteiger partial charge in [0.25, 0.3) is 0 Å². The molecular formula is C20H21FN4O2S. The zero-order valence-corrected chi connectivity index (χ0v) is 16.7. The molecule has 0 aliphatic heterocycles. The van der Waals surface area contributed by atoms with Gasteiger partial charge in [-0.3, -0.25) is 4.79 Å². The topological polar surface area (TPSA) is 60.3 Å². The van der Waals surface area contributed by atoms with Crippen molar-refractivity contribution >= 4 is 23.4 Å². The summed E-state index contributed by atoms with van der Waals surface area (Å²) in [6.07, 6.45) is -0.375. The van der Waals surface area contributed by atoms with Gasteiger partial charge in [-0.2, -0.15) is 0 Å². The normalized spacial score (nSPS) is 11.9. The number of thioether (sulfide) groups is 1. The van der Waals surface area contributed by atoms with E-state index in [9.17, 15) is 9.18 Å². The average molecular weight is 400 g/mol. The third-order valence-corrected chi connectivity index (χ3v) is 5.21. The second kappa shape index (κ2) is 8.88. The van der Waals surface area contributed by atoms with Crippen molar-refractivity contribution in [3.63, 3.8) is 0 Å². The van der Waals surface area contributed by atoms with Gasteiger partial charge >= 0.3 is 0 Å². The SMILES string of the molecule is CC(Oc1ccc(F)cc1)c1nnc(SCC(=O)N(C)c2ccccc2)n1C. The van der Waals surface area contributed by atoms with E-state index in [0.717, 1.165) is 5.69 Å². The molecule has 146 valence electrons. The molecule has 6 nitrogen and oxygen atoms in total. The van der Waals surface area contributed by atoms with Gasteiger partial charge in [-0.15, -0.1) is 10.2 Å². The monoisotopic (exact) mass is 400 g/mol. The van der Waals surface area contributed by atoms with E-state index >= 15 is 0 Å². The molecule has 0 aliphatic rings. The summed E-state index contributed by atoms with van der Waals surface area (Å²) in [6, 6.07) is 15.3. The highest BCUT2D eigenvalue weighted by Gasteiger charge is 2.19. The summed E-state index contributed by atoms with van der Waals surface area (Å²) >= 11 is 1.32.